The van der Waals surface area contributed by atoms with Crippen LogP contribution in [0.2, 0.25) is 0 Å². The summed E-state index contributed by atoms with van der Waals surface area (Å²) in [6.45, 7) is 2.03. The molecule has 23 heavy (non-hydrogen) atoms. The highest BCUT2D eigenvalue weighted by Gasteiger charge is 2.13. The average molecular weight is 321 g/mol. The smallest absolute Gasteiger partial charge is 0.152 e. The zero-order valence-electron chi connectivity index (χ0n) is 12.6. The Morgan fingerprint density at radius 3 is 2.65 bits per heavy atom. The van der Waals surface area contributed by atoms with Gasteiger partial charge in [0.05, 0.1) is 16.8 Å². The molecule has 2 N–H and O–H groups in total. The number of para-hydroxylation sites is 2. The van der Waals surface area contributed by atoms with Crippen LogP contribution in [0.1, 0.15) is 11.4 Å². The minimum atomic E-state index is 0.0251. The van der Waals surface area contributed by atoms with Gasteiger partial charge in [0.1, 0.15) is 17.4 Å². The molecule has 1 aromatic heterocycles. The van der Waals surface area contributed by atoms with Gasteiger partial charge in [0.25, 0.3) is 0 Å². The van der Waals surface area contributed by atoms with Gasteiger partial charge in [-0.1, -0.05) is 29.8 Å². The second-order valence-electron chi connectivity index (χ2n) is 5.14. The minimum absolute atomic E-state index is 0.0251. The van der Waals surface area contributed by atoms with E-state index in [2.05, 4.69) is 9.97 Å². The molecule has 0 saturated carbocycles. The lowest BCUT2D eigenvalue weighted by Crippen LogP contribution is -1.95. The van der Waals surface area contributed by atoms with Crippen LogP contribution in [0.25, 0.3) is 16.6 Å². The second kappa shape index (κ2) is 6.59. The number of aliphatic hydroxyl groups excluding tert-OH is 1. The number of allylic oxidation sites excluding steroid dienone is 1. The number of H-pyrrole nitrogens is 1. The Morgan fingerprint density at radius 1 is 1.22 bits per heavy atom. The lowest BCUT2D eigenvalue weighted by Gasteiger charge is -2.03. The summed E-state index contributed by atoms with van der Waals surface area (Å²) in [6.07, 6.45) is 0. The summed E-state index contributed by atoms with van der Waals surface area (Å²) in [5.74, 6) is 0.746. The normalized spacial score (nSPS) is 12.0. The van der Waals surface area contributed by atoms with E-state index in [1.165, 1.54) is 17.3 Å². The van der Waals surface area contributed by atoms with Crippen LogP contribution in [-0.4, -0.2) is 20.8 Å². The summed E-state index contributed by atoms with van der Waals surface area (Å²) >= 11 is 1.48. The molecule has 3 rings (SSSR count). The molecule has 0 bridgehead atoms. The Morgan fingerprint density at radius 2 is 1.96 bits per heavy atom. The molecule has 0 aliphatic rings. The van der Waals surface area contributed by atoms with Crippen LogP contribution in [0.5, 0.6) is 0 Å². The van der Waals surface area contributed by atoms with Crippen LogP contribution in [0, 0.1) is 18.3 Å². The van der Waals surface area contributed by atoms with Crippen LogP contribution >= 0.6 is 11.8 Å². The quantitative estimate of drug-likeness (QED) is 0.423. The van der Waals surface area contributed by atoms with Gasteiger partial charge in [-0.15, -0.1) is 11.8 Å². The van der Waals surface area contributed by atoms with E-state index in [1.54, 1.807) is 0 Å². The topological polar surface area (TPSA) is 72.7 Å². The first-order valence-electron chi connectivity index (χ1n) is 7.14. The predicted octanol–water partition coefficient (Wildman–Crippen LogP) is 4.46. The van der Waals surface area contributed by atoms with E-state index in [1.807, 2.05) is 61.5 Å². The molecule has 0 atom stereocenters. The van der Waals surface area contributed by atoms with Crippen LogP contribution in [0.15, 0.2) is 59.2 Å². The van der Waals surface area contributed by atoms with E-state index < -0.39 is 0 Å². The number of aromatic amines is 1. The van der Waals surface area contributed by atoms with Gasteiger partial charge < -0.3 is 10.1 Å². The lowest BCUT2D eigenvalue weighted by atomic mass is 10.2. The number of nitrogens with one attached hydrogen (secondary N) is 1. The number of imidazole rings is 1. The molecule has 0 unspecified atom stereocenters. The standard InChI is InChI=1S/C18H15N3OS/c1-12-6-8-13(9-7-12)23-11-17(22)14(10-19)18-20-15-4-2-3-5-16(15)21-18/h2-9,22H,11H2,1H3,(H,20,21). The van der Waals surface area contributed by atoms with E-state index in [9.17, 15) is 10.4 Å². The van der Waals surface area contributed by atoms with Crippen molar-refractivity contribution < 1.29 is 5.11 Å². The third-order valence-corrected chi connectivity index (χ3v) is 4.45. The van der Waals surface area contributed by atoms with E-state index >= 15 is 0 Å². The molecule has 5 heteroatoms. The number of thioether (sulfide) groups is 1. The number of hydrogen-bond donors (Lipinski definition) is 2. The number of nitriles is 1. The maximum Gasteiger partial charge on any atom is 0.152 e. The molecule has 0 fully saturated rings. The highest BCUT2D eigenvalue weighted by Crippen LogP contribution is 2.24. The van der Waals surface area contributed by atoms with Crippen LogP contribution < -0.4 is 0 Å². The molecule has 0 amide bonds. The summed E-state index contributed by atoms with van der Waals surface area (Å²) in [5.41, 5.74) is 2.98. The third-order valence-electron chi connectivity index (χ3n) is 3.42. The molecule has 0 spiro atoms. The van der Waals surface area contributed by atoms with Gasteiger partial charge in [-0.2, -0.15) is 5.26 Å². The van der Waals surface area contributed by atoms with Gasteiger partial charge in [0.2, 0.25) is 0 Å². The SMILES string of the molecule is Cc1ccc(SCC(O)=C(C#N)c2nc3ccccc3[nH]2)cc1. The molecule has 4 nitrogen and oxygen atoms in total. The van der Waals surface area contributed by atoms with Crippen molar-refractivity contribution in [3.63, 3.8) is 0 Å². The summed E-state index contributed by atoms with van der Waals surface area (Å²) < 4.78 is 0. The number of aryl methyl sites for hydroxylation is 1. The first-order chi connectivity index (χ1) is 11.2. The Hall–Kier alpha value is -2.71. The van der Waals surface area contributed by atoms with Gasteiger partial charge in [0.15, 0.2) is 5.82 Å². The molecule has 0 aliphatic heterocycles. The molecular weight excluding hydrogens is 306 g/mol. The minimum Gasteiger partial charge on any atom is -0.510 e. The largest absolute Gasteiger partial charge is 0.510 e. The highest BCUT2D eigenvalue weighted by atomic mass is 32.2. The van der Waals surface area contributed by atoms with Crippen molar-refractivity contribution in [2.45, 2.75) is 11.8 Å². The third kappa shape index (κ3) is 3.38. The maximum absolute atomic E-state index is 10.3. The van der Waals surface area contributed by atoms with Gasteiger partial charge in [0, 0.05) is 4.90 Å². The van der Waals surface area contributed by atoms with Crippen molar-refractivity contribution in [2.24, 2.45) is 0 Å². The summed E-state index contributed by atoms with van der Waals surface area (Å²) in [6, 6.07) is 17.6. The first-order valence-corrected chi connectivity index (χ1v) is 8.13. The number of benzene rings is 2. The fourth-order valence-electron chi connectivity index (χ4n) is 2.18. The maximum atomic E-state index is 10.3. The monoisotopic (exact) mass is 321 g/mol. The first kappa shape index (κ1) is 15.2. The molecular formula is C18H15N3OS. The molecule has 0 aliphatic carbocycles. The Kier molecular flexibility index (Phi) is 4.35. The van der Waals surface area contributed by atoms with Crippen molar-refractivity contribution >= 4 is 28.4 Å². The molecule has 0 saturated heterocycles. The number of fused-ring (bicyclic) bond motifs is 1. The predicted molar refractivity (Wildman–Crippen MR) is 93.2 cm³/mol. The second-order valence-corrected chi connectivity index (χ2v) is 6.19. The average Bonchev–Trinajstić information content (AvgIpc) is 2.98. The van der Waals surface area contributed by atoms with Crippen molar-refractivity contribution in [3.05, 3.63) is 65.7 Å². The van der Waals surface area contributed by atoms with Crippen molar-refractivity contribution in [2.75, 3.05) is 5.75 Å². The Balaban J connectivity index is 1.84. The van der Waals surface area contributed by atoms with Gasteiger partial charge >= 0.3 is 0 Å². The van der Waals surface area contributed by atoms with Gasteiger partial charge in [-0.3, -0.25) is 0 Å². The molecule has 1 heterocycles. The number of aliphatic hydroxyl groups is 1. The van der Waals surface area contributed by atoms with Crippen molar-refractivity contribution in [3.8, 4) is 6.07 Å². The van der Waals surface area contributed by atoms with Crippen LogP contribution in [0.3, 0.4) is 0 Å². The van der Waals surface area contributed by atoms with Gasteiger partial charge in [-0.25, -0.2) is 4.98 Å². The van der Waals surface area contributed by atoms with E-state index in [0.29, 0.717) is 11.6 Å². The Bertz CT molecular complexity index is 871. The van der Waals surface area contributed by atoms with Crippen molar-refractivity contribution in [1.82, 2.24) is 9.97 Å². The summed E-state index contributed by atoms with van der Waals surface area (Å²) in [4.78, 5) is 8.48. The van der Waals surface area contributed by atoms with E-state index in [0.717, 1.165) is 15.9 Å². The zero-order chi connectivity index (χ0) is 16.2. The number of hydrogen-bond acceptors (Lipinski definition) is 4. The summed E-state index contributed by atoms with van der Waals surface area (Å²) in [5, 5.41) is 19.7. The van der Waals surface area contributed by atoms with Gasteiger partial charge in [-0.05, 0) is 31.2 Å². The summed E-state index contributed by atoms with van der Waals surface area (Å²) in [7, 11) is 0. The van der Waals surface area contributed by atoms with Crippen LogP contribution in [0.4, 0.5) is 0 Å². The fraction of sp³-hybridized carbons (Fsp3) is 0.111. The highest BCUT2D eigenvalue weighted by molar-refractivity contribution is 7.99. The molecule has 2 aromatic carbocycles. The fourth-order valence-corrected chi connectivity index (χ4v) is 2.96. The molecule has 114 valence electrons. The van der Waals surface area contributed by atoms with Crippen molar-refractivity contribution in [1.29, 1.82) is 5.26 Å². The van der Waals surface area contributed by atoms with Crippen LogP contribution in [-0.2, 0) is 0 Å². The number of rotatable bonds is 4. The Labute approximate surface area is 138 Å². The number of nitrogens with zero attached hydrogens (tertiary/aromatic N) is 2. The lowest BCUT2D eigenvalue weighted by molar-refractivity contribution is 0.420. The molecule has 0 radical (unpaired) electrons. The van der Waals surface area contributed by atoms with E-state index in [-0.39, 0.29) is 11.3 Å². The number of aromatic nitrogens is 2. The molecule has 3 aromatic rings. The van der Waals surface area contributed by atoms with E-state index in [4.69, 9.17) is 0 Å². The zero-order valence-corrected chi connectivity index (χ0v) is 13.4.